The number of nitrogens with zero attached hydrogens (tertiary/aromatic N) is 1. The lowest BCUT2D eigenvalue weighted by molar-refractivity contribution is -0.137. The number of nitrogen functional groups attached to an aromatic ring is 1. The van der Waals surface area contributed by atoms with Crippen LogP contribution in [-0.2, 0) is 11.3 Å². The summed E-state index contributed by atoms with van der Waals surface area (Å²) >= 11 is 5.86. The fraction of sp³-hybridized carbons (Fsp3) is 0.364. The van der Waals surface area contributed by atoms with E-state index in [9.17, 15) is 4.79 Å². The molecule has 1 rings (SSSR count). The highest BCUT2D eigenvalue weighted by atomic mass is 35.5. The number of carbonyl (C=O) groups is 1. The lowest BCUT2D eigenvalue weighted by atomic mass is 10.1. The number of benzene rings is 1. The number of nitrogens with two attached hydrogens (primary N) is 1. The first-order chi connectivity index (χ1) is 7.49. The maximum absolute atomic E-state index is 10.4. The number of anilines is 1. The number of halogens is 3. The molecular formula is C11H17Cl3N2O2. The molecule has 104 valence electrons. The normalized spacial score (nSPS) is 9.50. The first kappa shape index (κ1) is 19.7. The molecule has 0 aromatic heterocycles. The second-order valence-electron chi connectivity index (χ2n) is 3.72. The SMILES string of the molecule is CN(CCC(=O)O)Cc1cc(Cl)ccc1N.Cl.Cl. The van der Waals surface area contributed by atoms with Crippen LogP contribution >= 0.6 is 36.4 Å². The molecule has 0 unspecified atom stereocenters. The zero-order chi connectivity index (χ0) is 12.1. The van der Waals surface area contributed by atoms with Gasteiger partial charge in [0.1, 0.15) is 0 Å². The highest BCUT2D eigenvalue weighted by molar-refractivity contribution is 6.30. The van der Waals surface area contributed by atoms with E-state index in [1.54, 1.807) is 18.2 Å². The van der Waals surface area contributed by atoms with Gasteiger partial charge in [-0.05, 0) is 30.8 Å². The van der Waals surface area contributed by atoms with E-state index >= 15 is 0 Å². The molecule has 0 radical (unpaired) electrons. The van der Waals surface area contributed by atoms with E-state index in [-0.39, 0.29) is 31.2 Å². The van der Waals surface area contributed by atoms with Crippen molar-refractivity contribution in [3.05, 3.63) is 28.8 Å². The lowest BCUT2D eigenvalue weighted by Gasteiger charge is -2.16. The van der Waals surface area contributed by atoms with E-state index in [1.165, 1.54) is 0 Å². The Labute approximate surface area is 124 Å². The van der Waals surface area contributed by atoms with Crippen LogP contribution in [0.2, 0.25) is 5.02 Å². The Bertz CT molecular complexity index is 389. The average molecular weight is 316 g/mol. The Morgan fingerprint density at radius 1 is 1.44 bits per heavy atom. The molecule has 0 saturated heterocycles. The number of hydrogen-bond donors (Lipinski definition) is 2. The van der Waals surface area contributed by atoms with Crippen molar-refractivity contribution in [3.63, 3.8) is 0 Å². The summed E-state index contributed by atoms with van der Waals surface area (Å²) in [5.74, 6) is -0.800. The van der Waals surface area contributed by atoms with Crippen molar-refractivity contribution in [2.24, 2.45) is 0 Å². The van der Waals surface area contributed by atoms with Crippen molar-refractivity contribution in [1.29, 1.82) is 0 Å². The molecular weight excluding hydrogens is 298 g/mol. The zero-order valence-corrected chi connectivity index (χ0v) is 12.3. The van der Waals surface area contributed by atoms with Gasteiger partial charge in [-0.15, -0.1) is 24.8 Å². The van der Waals surface area contributed by atoms with Gasteiger partial charge in [-0.2, -0.15) is 0 Å². The number of rotatable bonds is 5. The van der Waals surface area contributed by atoms with Gasteiger partial charge in [-0.25, -0.2) is 0 Å². The molecule has 1 aromatic carbocycles. The number of hydrogen-bond acceptors (Lipinski definition) is 3. The topological polar surface area (TPSA) is 66.6 Å². The Hall–Kier alpha value is -0.680. The Balaban J connectivity index is 0. The van der Waals surface area contributed by atoms with Gasteiger partial charge >= 0.3 is 5.97 Å². The Morgan fingerprint density at radius 3 is 2.61 bits per heavy atom. The molecule has 3 N–H and O–H groups in total. The number of carboxylic acids is 1. The summed E-state index contributed by atoms with van der Waals surface area (Å²) < 4.78 is 0. The Kier molecular flexibility index (Phi) is 10.1. The minimum absolute atomic E-state index is 0. The van der Waals surface area contributed by atoms with Crippen LogP contribution in [0.25, 0.3) is 0 Å². The van der Waals surface area contributed by atoms with Crippen LogP contribution in [-0.4, -0.2) is 29.6 Å². The first-order valence-corrected chi connectivity index (χ1v) is 5.31. The maximum atomic E-state index is 10.4. The van der Waals surface area contributed by atoms with Crippen molar-refractivity contribution >= 4 is 48.1 Å². The van der Waals surface area contributed by atoms with Gasteiger partial charge < -0.3 is 15.7 Å². The average Bonchev–Trinajstić information content (AvgIpc) is 2.20. The second-order valence-corrected chi connectivity index (χ2v) is 4.16. The quantitative estimate of drug-likeness (QED) is 0.820. The van der Waals surface area contributed by atoms with Crippen LogP contribution in [0.4, 0.5) is 5.69 Å². The van der Waals surface area contributed by atoms with Crippen LogP contribution in [0.3, 0.4) is 0 Å². The van der Waals surface area contributed by atoms with Crippen LogP contribution in [0.5, 0.6) is 0 Å². The third-order valence-corrected chi connectivity index (χ3v) is 2.49. The molecule has 18 heavy (non-hydrogen) atoms. The van der Waals surface area contributed by atoms with Crippen molar-refractivity contribution in [2.45, 2.75) is 13.0 Å². The lowest BCUT2D eigenvalue weighted by Crippen LogP contribution is -2.21. The van der Waals surface area contributed by atoms with E-state index in [0.29, 0.717) is 23.8 Å². The summed E-state index contributed by atoms with van der Waals surface area (Å²) in [6, 6.07) is 5.29. The summed E-state index contributed by atoms with van der Waals surface area (Å²) in [6.07, 6.45) is 0.122. The van der Waals surface area contributed by atoms with Gasteiger partial charge in [0, 0.05) is 23.8 Å². The third-order valence-electron chi connectivity index (χ3n) is 2.25. The van der Waals surface area contributed by atoms with Crippen molar-refractivity contribution < 1.29 is 9.90 Å². The van der Waals surface area contributed by atoms with Crippen LogP contribution < -0.4 is 5.73 Å². The van der Waals surface area contributed by atoms with Gasteiger partial charge in [-0.3, -0.25) is 4.79 Å². The predicted octanol–water partition coefficient (Wildman–Crippen LogP) is 2.67. The molecule has 4 nitrogen and oxygen atoms in total. The summed E-state index contributed by atoms with van der Waals surface area (Å²) in [4.78, 5) is 12.3. The molecule has 0 atom stereocenters. The molecule has 0 fully saturated rings. The Morgan fingerprint density at radius 2 is 2.06 bits per heavy atom. The summed E-state index contributed by atoms with van der Waals surface area (Å²) in [6.45, 7) is 1.08. The van der Waals surface area contributed by atoms with Crippen molar-refractivity contribution in [1.82, 2.24) is 4.90 Å². The van der Waals surface area contributed by atoms with Crippen molar-refractivity contribution in [3.8, 4) is 0 Å². The highest BCUT2D eigenvalue weighted by Gasteiger charge is 2.06. The summed E-state index contributed by atoms with van der Waals surface area (Å²) in [5.41, 5.74) is 7.38. The molecule has 0 bridgehead atoms. The molecule has 0 amide bonds. The van der Waals surface area contributed by atoms with Crippen LogP contribution in [0.15, 0.2) is 18.2 Å². The standard InChI is InChI=1S/C11H15ClN2O2.2ClH/c1-14(5-4-11(15)16)7-8-6-9(12)2-3-10(8)13;;/h2-3,6H,4-5,7,13H2,1H3,(H,15,16);2*1H. The van der Waals surface area contributed by atoms with E-state index in [4.69, 9.17) is 22.4 Å². The van der Waals surface area contributed by atoms with Crippen LogP contribution in [0.1, 0.15) is 12.0 Å². The maximum Gasteiger partial charge on any atom is 0.304 e. The fourth-order valence-electron chi connectivity index (χ4n) is 1.37. The molecule has 0 aliphatic heterocycles. The van der Waals surface area contributed by atoms with Gasteiger partial charge in [0.05, 0.1) is 6.42 Å². The largest absolute Gasteiger partial charge is 0.481 e. The van der Waals surface area contributed by atoms with Crippen molar-refractivity contribution in [2.75, 3.05) is 19.3 Å². The van der Waals surface area contributed by atoms with E-state index in [1.807, 2.05) is 11.9 Å². The fourth-order valence-corrected chi connectivity index (χ4v) is 1.56. The highest BCUT2D eigenvalue weighted by Crippen LogP contribution is 2.19. The minimum atomic E-state index is -0.800. The zero-order valence-electron chi connectivity index (χ0n) is 9.93. The van der Waals surface area contributed by atoms with E-state index < -0.39 is 5.97 Å². The second kappa shape index (κ2) is 9.28. The minimum Gasteiger partial charge on any atom is -0.481 e. The molecule has 0 saturated carbocycles. The van der Waals surface area contributed by atoms with E-state index in [2.05, 4.69) is 0 Å². The van der Waals surface area contributed by atoms with Crippen LogP contribution in [0, 0.1) is 0 Å². The first-order valence-electron chi connectivity index (χ1n) is 4.93. The monoisotopic (exact) mass is 314 g/mol. The number of carboxylic acid groups (broad SMARTS) is 1. The molecule has 7 heteroatoms. The molecule has 0 heterocycles. The van der Waals surface area contributed by atoms with Gasteiger partial charge in [0.25, 0.3) is 0 Å². The summed E-state index contributed by atoms with van der Waals surface area (Å²) in [5, 5.41) is 9.19. The van der Waals surface area contributed by atoms with E-state index in [0.717, 1.165) is 5.56 Å². The number of aliphatic carboxylic acids is 1. The smallest absolute Gasteiger partial charge is 0.304 e. The molecule has 0 aliphatic carbocycles. The molecule has 1 aromatic rings. The third kappa shape index (κ3) is 6.91. The van der Waals surface area contributed by atoms with Gasteiger partial charge in [0.15, 0.2) is 0 Å². The molecule has 0 spiro atoms. The summed E-state index contributed by atoms with van der Waals surface area (Å²) in [7, 11) is 1.85. The predicted molar refractivity (Wildman–Crippen MR) is 78.9 cm³/mol. The van der Waals surface area contributed by atoms with Gasteiger partial charge in [0.2, 0.25) is 0 Å². The van der Waals surface area contributed by atoms with Gasteiger partial charge in [-0.1, -0.05) is 11.6 Å². The molecule has 0 aliphatic rings.